The molecule has 1 unspecified atom stereocenters. The number of carbonyl (C=O) groups is 2. The van der Waals surface area contributed by atoms with Gasteiger partial charge in [-0.15, -0.1) is 0 Å². The Morgan fingerprint density at radius 3 is 2.40 bits per heavy atom. The van der Waals surface area contributed by atoms with Gasteiger partial charge < -0.3 is 9.47 Å². The Kier molecular flexibility index (Phi) is 9.17. The van der Waals surface area contributed by atoms with E-state index < -0.39 is 11.8 Å². The summed E-state index contributed by atoms with van der Waals surface area (Å²) in [6, 6.07) is 12.7. The monoisotopic (exact) mass is 476 g/mol. The van der Waals surface area contributed by atoms with Gasteiger partial charge in [0.2, 0.25) is 0 Å². The molecule has 0 radical (unpaired) electrons. The quantitative estimate of drug-likeness (QED) is 0.507. The molecule has 2 aromatic carbocycles. The Labute approximate surface area is 186 Å². The lowest BCUT2D eigenvalue weighted by atomic mass is 9.98. The Hall–Kier alpha value is -2.54. The summed E-state index contributed by atoms with van der Waals surface area (Å²) >= 11 is 3.41. The van der Waals surface area contributed by atoms with E-state index in [1.54, 1.807) is 18.2 Å². The van der Waals surface area contributed by atoms with E-state index in [1.807, 2.05) is 24.3 Å². The zero-order valence-electron chi connectivity index (χ0n) is 17.8. The van der Waals surface area contributed by atoms with Crippen LogP contribution in [-0.4, -0.2) is 25.0 Å². The van der Waals surface area contributed by atoms with E-state index in [-0.39, 0.29) is 6.61 Å². The minimum atomic E-state index is -0.446. The molecule has 2 amide bonds. The smallest absolute Gasteiger partial charge is 0.276 e. The van der Waals surface area contributed by atoms with Crippen LogP contribution in [0.25, 0.3) is 0 Å². The first-order valence-corrected chi connectivity index (χ1v) is 10.8. The summed E-state index contributed by atoms with van der Waals surface area (Å²) in [5, 5.41) is 0. The fourth-order valence-electron chi connectivity index (χ4n) is 2.63. The molecule has 0 aliphatic carbocycles. The van der Waals surface area contributed by atoms with Crippen LogP contribution in [0, 0.1) is 5.92 Å². The molecule has 2 rings (SSSR count). The van der Waals surface area contributed by atoms with Crippen LogP contribution in [0.5, 0.6) is 11.5 Å². The lowest BCUT2D eigenvalue weighted by Crippen LogP contribution is -2.43. The summed E-state index contributed by atoms with van der Waals surface area (Å²) in [4.78, 5) is 24.4. The lowest BCUT2D eigenvalue weighted by Gasteiger charge is -2.15. The van der Waals surface area contributed by atoms with E-state index in [0.717, 1.165) is 12.0 Å². The number of benzene rings is 2. The SMILES string of the molecule is CCC(C)c1ccccc1OCC(=O)NNC(=O)c1ccc(OCC(C)C)c(Br)c1. The van der Waals surface area contributed by atoms with Crippen molar-refractivity contribution in [2.24, 2.45) is 5.92 Å². The van der Waals surface area contributed by atoms with Crippen molar-refractivity contribution in [3.8, 4) is 11.5 Å². The molecule has 0 spiro atoms. The highest BCUT2D eigenvalue weighted by atomic mass is 79.9. The zero-order chi connectivity index (χ0) is 22.1. The molecule has 2 aromatic rings. The first-order chi connectivity index (χ1) is 14.3. The summed E-state index contributed by atoms with van der Waals surface area (Å²) in [6.45, 7) is 8.72. The predicted octanol–water partition coefficient (Wildman–Crippen LogP) is 4.84. The molecule has 6 nitrogen and oxygen atoms in total. The largest absolute Gasteiger partial charge is 0.492 e. The number of carbonyl (C=O) groups excluding carboxylic acids is 2. The van der Waals surface area contributed by atoms with Crippen LogP contribution < -0.4 is 20.3 Å². The van der Waals surface area contributed by atoms with Crippen LogP contribution in [0.3, 0.4) is 0 Å². The lowest BCUT2D eigenvalue weighted by molar-refractivity contribution is -0.123. The molecule has 30 heavy (non-hydrogen) atoms. The molecular formula is C23H29BrN2O4. The Morgan fingerprint density at radius 2 is 1.73 bits per heavy atom. The molecule has 0 saturated carbocycles. The first-order valence-electron chi connectivity index (χ1n) is 10.0. The van der Waals surface area contributed by atoms with Gasteiger partial charge in [0.05, 0.1) is 11.1 Å². The highest BCUT2D eigenvalue weighted by Crippen LogP contribution is 2.28. The van der Waals surface area contributed by atoms with E-state index in [1.165, 1.54) is 0 Å². The second-order valence-corrected chi connectivity index (χ2v) is 8.34. The van der Waals surface area contributed by atoms with Gasteiger partial charge in [-0.2, -0.15) is 0 Å². The van der Waals surface area contributed by atoms with E-state index >= 15 is 0 Å². The maximum absolute atomic E-state index is 12.3. The van der Waals surface area contributed by atoms with E-state index in [0.29, 0.717) is 40.0 Å². The highest BCUT2D eigenvalue weighted by Gasteiger charge is 2.13. The van der Waals surface area contributed by atoms with Gasteiger partial charge in [-0.1, -0.05) is 45.9 Å². The summed E-state index contributed by atoms with van der Waals surface area (Å²) in [5.41, 5.74) is 6.23. The normalized spacial score (nSPS) is 11.7. The van der Waals surface area contributed by atoms with Crippen molar-refractivity contribution >= 4 is 27.7 Å². The van der Waals surface area contributed by atoms with Gasteiger partial charge in [-0.3, -0.25) is 20.4 Å². The van der Waals surface area contributed by atoms with Crippen molar-refractivity contribution in [2.45, 2.75) is 40.0 Å². The molecule has 0 aliphatic heterocycles. The third-order valence-corrected chi connectivity index (χ3v) is 5.12. The number of amides is 2. The average molecular weight is 477 g/mol. The van der Waals surface area contributed by atoms with E-state index in [9.17, 15) is 9.59 Å². The fourth-order valence-corrected chi connectivity index (χ4v) is 3.13. The fraction of sp³-hybridized carbons (Fsp3) is 0.391. The number of para-hydroxylation sites is 1. The second-order valence-electron chi connectivity index (χ2n) is 7.49. The predicted molar refractivity (Wildman–Crippen MR) is 121 cm³/mol. The second kappa shape index (κ2) is 11.6. The Balaban J connectivity index is 1.86. The average Bonchev–Trinajstić information content (AvgIpc) is 2.74. The van der Waals surface area contributed by atoms with Crippen molar-refractivity contribution in [1.82, 2.24) is 10.9 Å². The van der Waals surface area contributed by atoms with E-state index in [4.69, 9.17) is 9.47 Å². The van der Waals surface area contributed by atoms with Gasteiger partial charge in [0.15, 0.2) is 6.61 Å². The third-order valence-electron chi connectivity index (χ3n) is 4.50. The zero-order valence-corrected chi connectivity index (χ0v) is 19.4. The van der Waals surface area contributed by atoms with Crippen molar-refractivity contribution in [3.63, 3.8) is 0 Å². The van der Waals surface area contributed by atoms with Gasteiger partial charge in [0.25, 0.3) is 11.8 Å². The van der Waals surface area contributed by atoms with Crippen molar-refractivity contribution < 1.29 is 19.1 Å². The Bertz CT molecular complexity index is 870. The van der Waals surface area contributed by atoms with Crippen molar-refractivity contribution in [2.75, 3.05) is 13.2 Å². The van der Waals surface area contributed by atoms with Crippen LogP contribution in [0.1, 0.15) is 56.0 Å². The van der Waals surface area contributed by atoms with Gasteiger partial charge >= 0.3 is 0 Å². The first kappa shape index (κ1) is 23.7. The maximum Gasteiger partial charge on any atom is 0.276 e. The van der Waals surface area contributed by atoms with Crippen LogP contribution in [0.2, 0.25) is 0 Å². The molecule has 1 atom stereocenters. The van der Waals surface area contributed by atoms with Crippen LogP contribution in [0.4, 0.5) is 0 Å². The number of nitrogens with one attached hydrogen (secondary N) is 2. The highest BCUT2D eigenvalue weighted by molar-refractivity contribution is 9.10. The molecule has 0 aliphatic rings. The summed E-state index contributed by atoms with van der Waals surface area (Å²) in [6.07, 6.45) is 0.972. The number of ether oxygens (including phenoxy) is 2. The molecule has 0 bridgehead atoms. The molecule has 0 saturated heterocycles. The molecule has 0 fully saturated rings. The van der Waals surface area contributed by atoms with Crippen LogP contribution >= 0.6 is 15.9 Å². The molecule has 7 heteroatoms. The number of hydrazine groups is 1. The number of halogens is 1. The van der Waals surface area contributed by atoms with Gasteiger partial charge in [-0.25, -0.2) is 0 Å². The molecule has 162 valence electrons. The molecule has 0 heterocycles. The number of hydrogen-bond acceptors (Lipinski definition) is 4. The minimum Gasteiger partial charge on any atom is -0.492 e. The summed E-state index contributed by atoms with van der Waals surface area (Å²) < 4.78 is 12.0. The summed E-state index contributed by atoms with van der Waals surface area (Å²) in [7, 11) is 0. The van der Waals surface area contributed by atoms with Crippen LogP contribution in [0.15, 0.2) is 46.9 Å². The molecule has 2 N–H and O–H groups in total. The summed E-state index contributed by atoms with van der Waals surface area (Å²) in [5.74, 6) is 1.19. The number of hydrogen-bond donors (Lipinski definition) is 2. The van der Waals surface area contributed by atoms with Gasteiger partial charge in [-0.05, 0) is 64.0 Å². The standard InChI is InChI=1S/C23H29BrN2O4/c1-5-16(4)18-8-6-7-9-20(18)30-14-22(27)25-26-23(28)17-10-11-21(19(24)12-17)29-13-15(2)3/h6-12,15-16H,5,13-14H2,1-4H3,(H,25,27)(H,26,28). The molecule has 0 aromatic heterocycles. The minimum absolute atomic E-state index is 0.195. The Morgan fingerprint density at radius 1 is 1.00 bits per heavy atom. The van der Waals surface area contributed by atoms with Gasteiger partial charge in [0, 0.05) is 5.56 Å². The van der Waals surface area contributed by atoms with E-state index in [2.05, 4.69) is 54.5 Å². The maximum atomic E-state index is 12.3. The molecular weight excluding hydrogens is 448 g/mol. The topological polar surface area (TPSA) is 76.7 Å². The van der Waals surface area contributed by atoms with Crippen molar-refractivity contribution in [1.29, 1.82) is 0 Å². The van der Waals surface area contributed by atoms with Crippen molar-refractivity contribution in [3.05, 3.63) is 58.1 Å². The number of rotatable bonds is 9. The van der Waals surface area contributed by atoms with Gasteiger partial charge in [0.1, 0.15) is 11.5 Å². The van der Waals surface area contributed by atoms with Crippen LogP contribution in [-0.2, 0) is 4.79 Å². The third kappa shape index (κ3) is 7.06.